The molecule has 0 atom stereocenters. The highest BCUT2D eigenvalue weighted by Crippen LogP contribution is 2.13. The van der Waals surface area contributed by atoms with E-state index in [1.54, 1.807) is 0 Å². The molecule has 1 heterocycles. The number of hydrogen-bond donors (Lipinski definition) is 1. The first kappa shape index (κ1) is 14.2. The third-order valence-corrected chi connectivity index (χ3v) is 2.72. The molecule has 0 aliphatic carbocycles. The van der Waals surface area contributed by atoms with E-state index in [9.17, 15) is 0 Å². The fraction of sp³-hybridized carbons (Fsp3) is 0.786. The maximum Gasteiger partial charge on any atom is 0.0537 e. The van der Waals surface area contributed by atoms with Gasteiger partial charge in [-0.05, 0) is 33.1 Å². The van der Waals surface area contributed by atoms with Crippen LogP contribution in [0.25, 0.3) is 0 Å². The van der Waals surface area contributed by atoms with Crippen LogP contribution in [0.15, 0.2) is 6.20 Å². The molecule has 0 aliphatic heterocycles. The van der Waals surface area contributed by atoms with Crippen molar-refractivity contribution in [1.29, 1.82) is 0 Å². The van der Waals surface area contributed by atoms with Crippen molar-refractivity contribution in [3.8, 4) is 0 Å². The summed E-state index contributed by atoms with van der Waals surface area (Å²) in [5.41, 5.74) is 2.86. The topological polar surface area (TPSA) is 29.9 Å². The van der Waals surface area contributed by atoms with E-state index < -0.39 is 0 Å². The summed E-state index contributed by atoms with van der Waals surface area (Å²) in [4.78, 5) is 0. The van der Waals surface area contributed by atoms with Crippen LogP contribution in [0, 0.1) is 5.92 Å². The van der Waals surface area contributed by atoms with E-state index in [1.807, 2.05) is 6.20 Å². The predicted molar refractivity (Wildman–Crippen MR) is 73.0 cm³/mol. The Labute approximate surface area is 106 Å². The smallest absolute Gasteiger partial charge is 0.0537 e. The second-order valence-electron chi connectivity index (χ2n) is 6.15. The van der Waals surface area contributed by atoms with Crippen LogP contribution in [0.3, 0.4) is 0 Å². The summed E-state index contributed by atoms with van der Waals surface area (Å²) < 4.78 is 2.16. The number of aromatic nitrogens is 2. The van der Waals surface area contributed by atoms with Crippen molar-refractivity contribution in [3.05, 3.63) is 17.5 Å². The lowest BCUT2D eigenvalue weighted by Crippen LogP contribution is -2.35. The highest BCUT2D eigenvalue weighted by atomic mass is 15.3. The Hall–Kier alpha value is -0.830. The third-order valence-electron chi connectivity index (χ3n) is 2.72. The van der Waals surface area contributed by atoms with Gasteiger partial charge in [-0.25, -0.2) is 0 Å². The van der Waals surface area contributed by atoms with Gasteiger partial charge in [-0.15, -0.1) is 0 Å². The second-order valence-corrected chi connectivity index (χ2v) is 6.15. The Balaban J connectivity index is 2.76. The maximum absolute atomic E-state index is 4.50. The number of hydrogen-bond acceptors (Lipinski definition) is 2. The molecule has 0 saturated heterocycles. The van der Waals surface area contributed by atoms with E-state index in [4.69, 9.17) is 0 Å². The molecule has 3 nitrogen and oxygen atoms in total. The van der Waals surface area contributed by atoms with Gasteiger partial charge in [0.15, 0.2) is 0 Å². The molecule has 1 aromatic heterocycles. The molecule has 0 amide bonds. The normalized spacial score (nSPS) is 12.4. The Kier molecular flexibility index (Phi) is 4.75. The van der Waals surface area contributed by atoms with Gasteiger partial charge in [0.05, 0.1) is 6.20 Å². The lowest BCUT2D eigenvalue weighted by atomic mass is 10.1. The quantitative estimate of drug-likeness (QED) is 0.853. The molecule has 0 unspecified atom stereocenters. The van der Waals surface area contributed by atoms with Crippen LogP contribution in [0.2, 0.25) is 0 Å². The molecule has 0 spiro atoms. The fourth-order valence-corrected chi connectivity index (χ4v) is 1.87. The van der Waals surface area contributed by atoms with Crippen molar-refractivity contribution < 1.29 is 0 Å². The third kappa shape index (κ3) is 4.50. The van der Waals surface area contributed by atoms with Gasteiger partial charge in [0, 0.05) is 29.9 Å². The zero-order valence-electron chi connectivity index (χ0n) is 12.2. The van der Waals surface area contributed by atoms with Crippen LogP contribution in [0.4, 0.5) is 0 Å². The summed E-state index contributed by atoms with van der Waals surface area (Å²) in [6.45, 7) is 15.2. The summed E-state index contributed by atoms with van der Waals surface area (Å²) in [5.74, 6) is 0.642. The molecule has 98 valence electrons. The standard InChI is InChI=1S/C14H27N3/c1-7-13-12(8-15-14(4,5)6)9-16-17(13)10-11(2)3/h9,11,15H,7-8,10H2,1-6H3. The fourth-order valence-electron chi connectivity index (χ4n) is 1.87. The molecular formula is C14H27N3. The van der Waals surface area contributed by atoms with Crippen molar-refractivity contribution in [1.82, 2.24) is 15.1 Å². The number of rotatable bonds is 5. The van der Waals surface area contributed by atoms with Crippen LogP contribution in [-0.2, 0) is 19.5 Å². The molecule has 0 aliphatic rings. The summed E-state index contributed by atoms with van der Waals surface area (Å²) >= 11 is 0. The first-order valence-electron chi connectivity index (χ1n) is 6.62. The SMILES string of the molecule is CCc1c(CNC(C)(C)C)cnn1CC(C)C. The van der Waals surface area contributed by atoms with Gasteiger partial charge in [-0.3, -0.25) is 4.68 Å². The maximum atomic E-state index is 4.50. The van der Waals surface area contributed by atoms with Gasteiger partial charge < -0.3 is 5.32 Å². The molecule has 1 N–H and O–H groups in total. The van der Waals surface area contributed by atoms with Crippen LogP contribution in [0.5, 0.6) is 0 Å². The van der Waals surface area contributed by atoms with Gasteiger partial charge in [-0.2, -0.15) is 5.10 Å². The van der Waals surface area contributed by atoms with Crippen molar-refractivity contribution >= 4 is 0 Å². The van der Waals surface area contributed by atoms with Crippen molar-refractivity contribution in [2.45, 2.75) is 66.6 Å². The summed E-state index contributed by atoms with van der Waals surface area (Å²) in [6.07, 6.45) is 3.06. The van der Waals surface area contributed by atoms with E-state index in [0.717, 1.165) is 19.5 Å². The van der Waals surface area contributed by atoms with E-state index in [0.29, 0.717) is 5.92 Å². The first-order chi connectivity index (χ1) is 7.83. The molecule has 3 heteroatoms. The highest BCUT2D eigenvalue weighted by Gasteiger charge is 2.13. The highest BCUT2D eigenvalue weighted by molar-refractivity contribution is 5.18. The minimum atomic E-state index is 0.158. The minimum Gasteiger partial charge on any atom is -0.308 e. The lowest BCUT2D eigenvalue weighted by molar-refractivity contribution is 0.422. The molecule has 1 aromatic rings. The monoisotopic (exact) mass is 237 g/mol. The van der Waals surface area contributed by atoms with E-state index >= 15 is 0 Å². The van der Waals surface area contributed by atoms with Crippen molar-refractivity contribution in [2.75, 3.05) is 0 Å². The average molecular weight is 237 g/mol. The van der Waals surface area contributed by atoms with Crippen molar-refractivity contribution in [3.63, 3.8) is 0 Å². The zero-order chi connectivity index (χ0) is 13.1. The molecule has 17 heavy (non-hydrogen) atoms. The van der Waals surface area contributed by atoms with Gasteiger partial charge in [0.25, 0.3) is 0 Å². The van der Waals surface area contributed by atoms with Gasteiger partial charge in [-0.1, -0.05) is 20.8 Å². The molecular weight excluding hydrogens is 210 g/mol. The van der Waals surface area contributed by atoms with Crippen LogP contribution in [0.1, 0.15) is 52.8 Å². The van der Waals surface area contributed by atoms with E-state index in [1.165, 1.54) is 11.3 Å². The van der Waals surface area contributed by atoms with Crippen LogP contribution < -0.4 is 5.32 Å². The molecule has 0 aromatic carbocycles. The average Bonchev–Trinajstić information content (AvgIpc) is 2.55. The van der Waals surface area contributed by atoms with Crippen LogP contribution >= 0.6 is 0 Å². The van der Waals surface area contributed by atoms with Crippen molar-refractivity contribution in [2.24, 2.45) is 5.92 Å². The van der Waals surface area contributed by atoms with Gasteiger partial charge in [0.1, 0.15) is 0 Å². The molecule has 0 fully saturated rings. The van der Waals surface area contributed by atoms with E-state index in [2.05, 4.69) is 56.6 Å². The molecule has 0 bridgehead atoms. The molecule has 0 radical (unpaired) electrons. The zero-order valence-corrected chi connectivity index (χ0v) is 12.2. The minimum absolute atomic E-state index is 0.158. The summed E-state index contributed by atoms with van der Waals surface area (Å²) in [6, 6.07) is 0. The predicted octanol–water partition coefficient (Wildman–Crippen LogP) is 2.99. The van der Waals surface area contributed by atoms with E-state index in [-0.39, 0.29) is 5.54 Å². The van der Waals surface area contributed by atoms with Gasteiger partial charge >= 0.3 is 0 Å². The summed E-state index contributed by atoms with van der Waals surface area (Å²) in [7, 11) is 0. The Bertz CT molecular complexity index is 345. The Morgan fingerprint density at radius 3 is 2.47 bits per heavy atom. The number of nitrogens with zero attached hydrogens (tertiary/aromatic N) is 2. The van der Waals surface area contributed by atoms with Gasteiger partial charge in [0.2, 0.25) is 0 Å². The lowest BCUT2D eigenvalue weighted by Gasteiger charge is -2.20. The number of nitrogens with one attached hydrogen (secondary N) is 1. The second kappa shape index (κ2) is 5.67. The first-order valence-corrected chi connectivity index (χ1v) is 6.62. The van der Waals surface area contributed by atoms with Crippen LogP contribution in [-0.4, -0.2) is 15.3 Å². The largest absolute Gasteiger partial charge is 0.308 e. The molecule has 0 saturated carbocycles. The summed E-state index contributed by atoms with van der Waals surface area (Å²) in [5, 5.41) is 8.03. The molecule has 1 rings (SSSR count). The Morgan fingerprint density at radius 2 is 2.00 bits per heavy atom. The Morgan fingerprint density at radius 1 is 1.35 bits per heavy atom.